The number of aromatic nitrogens is 2. The lowest BCUT2D eigenvalue weighted by Gasteiger charge is -2.07. The highest BCUT2D eigenvalue weighted by atomic mass is 32.1. The van der Waals surface area contributed by atoms with E-state index in [-0.39, 0.29) is 12.6 Å². The molecular formula is C6H11N3OS. The van der Waals surface area contributed by atoms with Crippen molar-refractivity contribution in [1.29, 1.82) is 0 Å². The normalized spacial score (nSPS) is 13.3. The van der Waals surface area contributed by atoms with Crippen molar-refractivity contribution in [3.63, 3.8) is 0 Å². The molecule has 1 aromatic heterocycles. The molecule has 0 radical (unpaired) electrons. The molecule has 5 heteroatoms. The predicted octanol–water partition coefficient (Wildman–Crippen LogP) is 0.00850. The molecule has 62 valence electrons. The second kappa shape index (κ2) is 4.38. The van der Waals surface area contributed by atoms with Crippen molar-refractivity contribution in [3.8, 4) is 0 Å². The van der Waals surface area contributed by atoms with Gasteiger partial charge in [-0.25, -0.2) is 0 Å². The van der Waals surface area contributed by atoms with Gasteiger partial charge in [0.05, 0.1) is 12.3 Å². The minimum atomic E-state index is 0.122. The molecule has 4 nitrogen and oxygen atoms in total. The molecule has 0 amide bonds. The molecule has 1 atom stereocenters. The third-order valence-corrected chi connectivity index (χ3v) is 1.86. The van der Waals surface area contributed by atoms with Crippen molar-refractivity contribution in [2.45, 2.75) is 19.5 Å². The molecular weight excluding hydrogens is 162 g/mol. The summed E-state index contributed by atoms with van der Waals surface area (Å²) in [6.45, 7) is 2.75. The van der Waals surface area contributed by atoms with Gasteiger partial charge in [0.15, 0.2) is 0 Å². The number of aliphatic hydroxyl groups excluding tert-OH is 1. The first-order valence-corrected chi connectivity index (χ1v) is 4.26. The zero-order valence-corrected chi connectivity index (χ0v) is 7.14. The Labute approximate surface area is 69.4 Å². The molecule has 0 fully saturated rings. The maximum atomic E-state index is 8.67. The molecule has 0 aromatic carbocycles. The van der Waals surface area contributed by atoms with E-state index in [4.69, 9.17) is 5.11 Å². The molecule has 1 unspecified atom stereocenters. The van der Waals surface area contributed by atoms with Crippen molar-refractivity contribution in [2.75, 3.05) is 6.61 Å². The SMILES string of the molecule is CC(CO)NCc1csnn1. The number of hydrogen-bond acceptors (Lipinski definition) is 5. The molecule has 0 spiro atoms. The van der Waals surface area contributed by atoms with Gasteiger partial charge >= 0.3 is 0 Å². The van der Waals surface area contributed by atoms with Crippen molar-refractivity contribution < 1.29 is 5.11 Å². The monoisotopic (exact) mass is 173 g/mol. The fourth-order valence-corrected chi connectivity index (χ4v) is 1.06. The van der Waals surface area contributed by atoms with Crippen LogP contribution in [0.25, 0.3) is 0 Å². The van der Waals surface area contributed by atoms with Crippen LogP contribution in [0.5, 0.6) is 0 Å². The highest BCUT2D eigenvalue weighted by molar-refractivity contribution is 7.03. The Kier molecular flexibility index (Phi) is 3.41. The summed E-state index contributed by atoms with van der Waals surface area (Å²) in [5, 5.41) is 17.5. The van der Waals surface area contributed by atoms with E-state index in [1.807, 2.05) is 12.3 Å². The lowest BCUT2D eigenvalue weighted by molar-refractivity contribution is 0.250. The lowest BCUT2D eigenvalue weighted by atomic mass is 10.3. The average Bonchev–Trinajstić information content (AvgIpc) is 2.52. The molecule has 2 N–H and O–H groups in total. The molecule has 1 rings (SSSR count). The van der Waals surface area contributed by atoms with E-state index in [9.17, 15) is 0 Å². The fraction of sp³-hybridized carbons (Fsp3) is 0.667. The third-order valence-electron chi connectivity index (χ3n) is 1.31. The van der Waals surface area contributed by atoms with Gasteiger partial charge in [0.1, 0.15) is 0 Å². The number of hydrogen-bond donors (Lipinski definition) is 2. The number of nitrogens with zero attached hydrogens (tertiary/aromatic N) is 2. The zero-order valence-electron chi connectivity index (χ0n) is 6.32. The Morgan fingerprint density at radius 1 is 1.82 bits per heavy atom. The summed E-state index contributed by atoms with van der Waals surface area (Å²) in [5.41, 5.74) is 0.926. The van der Waals surface area contributed by atoms with E-state index >= 15 is 0 Å². The topological polar surface area (TPSA) is 58.0 Å². The molecule has 0 bridgehead atoms. The standard InChI is InChI=1S/C6H11N3OS/c1-5(3-10)7-2-6-4-11-9-8-6/h4-5,7,10H,2-3H2,1H3. The van der Waals surface area contributed by atoms with Crippen molar-refractivity contribution in [2.24, 2.45) is 0 Å². The van der Waals surface area contributed by atoms with Crippen molar-refractivity contribution in [1.82, 2.24) is 14.9 Å². The van der Waals surface area contributed by atoms with Crippen LogP contribution in [-0.2, 0) is 6.54 Å². The van der Waals surface area contributed by atoms with Crippen LogP contribution >= 0.6 is 11.5 Å². The van der Waals surface area contributed by atoms with E-state index in [1.165, 1.54) is 11.5 Å². The van der Waals surface area contributed by atoms with Crippen LogP contribution in [0.15, 0.2) is 5.38 Å². The Bertz CT molecular complexity index is 190. The fourth-order valence-electron chi connectivity index (χ4n) is 0.604. The zero-order chi connectivity index (χ0) is 8.10. The summed E-state index contributed by atoms with van der Waals surface area (Å²) in [4.78, 5) is 0. The van der Waals surface area contributed by atoms with E-state index in [0.717, 1.165) is 5.69 Å². The highest BCUT2D eigenvalue weighted by Crippen LogP contribution is 1.96. The highest BCUT2D eigenvalue weighted by Gasteiger charge is 1.99. The van der Waals surface area contributed by atoms with E-state index in [1.54, 1.807) is 0 Å². The van der Waals surface area contributed by atoms with Crippen LogP contribution < -0.4 is 5.32 Å². The molecule has 0 aliphatic rings. The van der Waals surface area contributed by atoms with Crippen molar-refractivity contribution >= 4 is 11.5 Å². The minimum absolute atomic E-state index is 0.122. The van der Waals surface area contributed by atoms with Crippen LogP contribution in [0.4, 0.5) is 0 Å². The molecule has 1 heterocycles. The van der Waals surface area contributed by atoms with E-state index in [0.29, 0.717) is 6.54 Å². The van der Waals surface area contributed by atoms with Crippen LogP contribution in [0.1, 0.15) is 12.6 Å². The van der Waals surface area contributed by atoms with Gasteiger partial charge in [-0.2, -0.15) is 0 Å². The largest absolute Gasteiger partial charge is 0.395 e. The van der Waals surface area contributed by atoms with Crippen molar-refractivity contribution in [3.05, 3.63) is 11.1 Å². The van der Waals surface area contributed by atoms with Gasteiger partial charge in [0.25, 0.3) is 0 Å². The van der Waals surface area contributed by atoms with Gasteiger partial charge in [0, 0.05) is 18.0 Å². The Hall–Kier alpha value is -0.520. The predicted molar refractivity (Wildman–Crippen MR) is 43.3 cm³/mol. The molecule has 11 heavy (non-hydrogen) atoms. The van der Waals surface area contributed by atoms with Gasteiger partial charge in [-0.15, -0.1) is 5.10 Å². The summed E-state index contributed by atoms with van der Waals surface area (Å²) < 4.78 is 3.72. The molecule has 0 aliphatic carbocycles. The van der Waals surface area contributed by atoms with Gasteiger partial charge in [0.2, 0.25) is 0 Å². The second-order valence-corrected chi connectivity index (χ2v) is 2.97. The summed E-state index contributed by atoms with van der Waals surface area (Å²) in [6, 6.07) is 0.122. The first kappa shape index (κ1) is 8.58. The van der Waals surface area contributed by atoms with E-state index in [2.05, 4.69) is 14.9 Å². The lowest BCUT2D eigenvalue weighted by Crippen LogP contribution is -2.28. The summed E-state index contributed by atoms with van der Waals surface area (Å²) in [5.74, 6) is 0. The summed E-state index contributed by atoms with van der Waals surface area (Å²) in [6.07, 6.45) is 0. The maximum Gasteiger partial charge on any atom is 0.0893 e. The van der Waals surface area contributed by atoms with Crippen LogP contribution in [0, 0.1) is 0 Å². The molecule has 0 saturated carbocycles. The number of aliphatic hydroxyl groups is 1. The van der Waals surface area contributed by atoms with E-state index < -0.39 is 0 Å². The second-order valence-electron chi connectivity index (χ2n) is 2.36. The Morgan fingerprint density at radius 3 is 3.18 bits per heavy atom. The van der Waals surface area contributed by atoms with Crippen LogP contribution in [-0.4, -0.2) is 27.3 Å². The first-order chi connectivity index (χ1) is 5.33. The average molecular weight is 173 g/mol. The molecule has 0 saturated heterocycles. The number of rotatable bonds is 4. The minimum Gasteiger partial charge on any atom is -0.395 e. The smallest absolute Gasteiger partial charge is 0.0893 e. The summed E-state index contributed by atoms with van der Waals surface area (Å²) in [7, 11) is 0. The van der Waals surface area contributed by atoms with Gasteiger partial charge < -0.3 is 10.4 Å². The molecule has 0 aliphatic heterocycles. The van der Waals surface area contributed by atoms with Crippen LogP contribution in [0.2, 0.25) is 0 Å². The summed E-state index contributed by atoms with van der Waals surface area (Å²) >= 11 is 1.34. The number of nitrogens with one attached hydrogen (secondary N) is 1. The van der Waals surface area contributed by atoms with Gasteiger partial charge in [-0.3, -0.25) is 0 Å². The maximum absolute atomic E-state index is 8.67. The Balaban J connectivity index is 2.23. The quantitative estimate of drug-likeness (QED) is 0.673. The molecule has 1 aromatic rings. The third kappa shape index (κ3) is 2.92. The van der Waals surface area contributed by atoms with Gasteiger partial charge in [-0.05, 0) is 18.5 Å². The van der Waals surface area contributed by atoms with Crippen LogP contribution in [0.3, 0.4) is 0 Å². The first-order valence-electron chi connectivity index (χ1n) is 3.43. The Morgan fingerprint density at radius 2 is 2.64 bits per heavy atom. The van der Waals surface area contributed by atoms with Gasteiger partial charge in [-0.1, -0.05) is 4.49 Å².